The molecule has 1 aliphatic rings. The molecule has 0 radical (unpaired) electrons. The minimum Gasteiger partial charge on any atom is -0.497 e. The van der Waals surface area contributed by atoms with Gasteiger partial charge in [0.15, 0.2) is 4.77 Å². The van der Waals surface area contributed by atoms with Gasteiger partial charge in [-0.1, -0.05) is 0 Å². The molecule has 1 aromatic heterocycles. The number of benzene rings is 2. The lowest BCUT2D eigenvalue weighted by Gasteiger charge is -2.14. The molecule has 1 amide bonds. The van der Waals surface area contributed by atoms with Crippen LogP contribution in [0.2, 0.25) is 0 Å². The van der Waals surface area contributed by atoms with Crippen LogP contribution in [-0.2, 0) is 4.74 Å². The number of methoxy groups -OCH3 is 2. The molecular formula is C22H23N3O5S. The minimum atomic E-state index is -0.312. The third-order valence-electron chi connectivity index (χ3n) is 5.30. The van der Waals surface area contributed by atoms with E-state index in [0.717, 1.165) is 19.4 Å². The Labute approximate surface area is 183 Å². The van der Waals surface area contributed by atoms with Gasteiger partial charge in [0.05, 0.1) is 36.9 Å². The van der Waals surface area contributed by atoms with E-state index in [1.807, 2.05) is 0 Å². The van der Waals surface area contributed by atoms with E-state index in [1.165, 1.54) is 11.7 Å². The predicted octanol–water partition coefficient (Wildman–Crippen LogP) is 2.97. The third kappa shape index (κ3) is 4.19. The van der Waals surface area contributed by atoms with E-state index in [-0.39, 0.29) is 22.3 Å². The molecule has 0 spiro atoms. The van der Waals surface area contributed by atoms with Gasteiger partial charge < -0.3 is 24.5 Å². The van der Waals surface area contributed by atoms with Crippen LogP contribution in [0, 0.1) is 4.77 Å². The Bertz CT molecular complexity index is 1240. The standard InChI is InChI=1S/C22H23N3O5S/c1-28-14-6-8-18(19(11-14)29-2)25-21(27)16-7-5-13(10-17(16)24-22(25)31)20(26)23-12-15-4-3-9-30-15/h5-8,10-11,15H,3-4,9,12H2,1-2H3,(H,23,26)(H,24,31)/t15-/m1/s1. The van der Waals surface area contributed by atoms with Gasteiger partial charge in [0.1, 0.15) is 11.5 Å². The number of hydrogen-bond donors (Lipinski definition) is 2. The number of hydrogen-bond acceptors (Lipinski definition) is 6. The Morgan fingerprint density at radius 2 is 2.10 bits per heavy atom. The van der Waals surface area contributed by atoms with Crippen LogP contribution < -0.4 is 20.3 Å². The maximum Gasteiger partial charge on any atom is 0.266 e. The molecule has 2 heterocycles. The molecule has 2 aromatic carbocycles. The molecule has 8 nitrogen and oxygen atoms in total. The van der Waals surface area contributed by atoms with E-state index in [0.29, 0.717) is 40.2 Å². The Balaban J connectivity index is 1.70. The largest absolute Gasteiger partial charge is 0.497 e. The van der Waals surface area contributed by atoms with E-state index in [1.54, 1.807) is 43.5 Å². The zero-order valence-electron chi connectivity index (χ0n) is 17.3. The number of aromatic amines is 1. The second-order valence-electron chi connectivity index (χ2n) is 7.21. The molecule has 0 saturated carbocycles. The summed E-state index contributed by atoms with van der Waals surface area (Å²) in [6.07, 6.45) is 2.01. The number of carbonyl (C=O) groups is 1. The second-order valence-corrected chi connectivity index (χ2v) is 7.60. The van der Waals surface area contributed by atoms with Crippen molar-refractivity contribution in [3.05, 3.63) is 57.1 Å². The van der Waals surface area contributed by atoms with Crippen molar-refractivity contribution in [2.75, 3.05) is 27.4 Å². The molecule has 2 N–H and O–H groups in total. The predicted molar refractivity (Wildman–Crippen MR) is 119 cm³/mol. The monoisotopic (exact) mass is 441 g/mol. The maximum atomic E-state index is 13.2. The van der Waals surface area contributed by atoms with Gasteiger partial charge in [0.2, 0.25) is 0 Å². The molecule has 162 valence electrons. The number of aromatic nitrogens is 2. The summed E-state index contributed by atoms with van der Waals surface area (Å²) in [6.45, 7) is 1.20. The van der Waals surface area contributed by atoms with Gasteiger partial charge in [-0.25, -0.2) is 4.57 Å². The lowest BCUT2D eigenvalue weighted by molar-refractivity contribution is 0.0858. The molecule has 31 heavy (non-hydrogen) atoms. The van der Waals surface area contributed by atoms with Crippen molar-refractivity contribution in [1.82, 2.24) is 14.9 Å². The van der Waals surface area contributed by atoms with Gasteiger partial charge in [0, 0.05) is 24.8 Å². The van der Waals surface area contributed by atoms with E-state index >= 15 is 0 Å². The van der Waals surface area contributed by atoms with E-state index in [4.69, 9.17) is 26.4 Å². The van der Waals surface area contributed by atoms with Crippen molar-refractivity contribution in [1.29, 1.82) is 0 Å². The summed E-state index contributed by atoms with van der Waals surface area (Å²) in [5, 5.41) is 3.29. The summed E-state index contributed by atoms with van der Waals surface area (Å²) in [6, 6.07) is 10.00. The highest BCUT2D eigenvalue weighted by atomic mass is 32.1. The number of amides is 1. The average Bonchev–Trinajstić information content (AvgIpc) is 3.31. The fraction of sp³-hybridized carbons (Fsp3) is 0.318. The molecule has 4 rings (SSSR count). The lowest BCUT2D eigenvalue weighted by atomic mass is 10.1. The normalized spacial score (nSPS) is 15.7. The van der Waals surface area contributed by atoms with Crippen LogP contribution in [0.4, 0.5) is 0 Å². The number of rotatable bonds is 6. The smallest absolute Gasteiger partial charge is 0.266 e. The average molecular weight is 442 g/mol. The van der Waals surface area contributed by atoms with Crippen molar-refractivity contribution < 1.29 is 19.0 Å². The van der Waals surface area contributed by atoms with Crippen LogP contribution in [-0.4, -0.2) is 48.9 Å². The van der Waals surface area contributed by atoms with Gasteiger partial charge in [0.25, 0.3) is 11.5 Å². The Morgan fingerprint density at radius 1 is 1.26 bits per heavy atom. The molecule has 3 aromatic rings. The van der Waals surface area contributed by atoms with Crippen molar-refractivity contribution in [2.45, 2.75) is 18.9 Å². The van der Waals surface area contributed by atoms with Crippen LogP contribution in [0.1, 0.15) is 23.2 Å². The first-order chi connectivity index (χ1) is 15.0. The van der Waals surface area contributed by atoms with Crippen LogP contribution in [0.25, 0.3) is 16.6 Å². The second kappa shape index (κ2) is 8.91. The van der Waals surface area contributed by atoms with Crippen LogP contribution in [0.3, 0.4) is 0 Å². The highest BCUT2D eigenvalue weighted by molar-refractivity contribution is 7.71. The summed E-state index contributed by atoms with van der Waals surface area (Å²) in [5.74, 6) is 0.825. The zero-order valence-corrected chi connectivity index (χ0v) is 18.1. The van der Waals surface area contributed by atoms with Gasteiger partial charge >= 0.3 is 0 Å². The summed E-state index contributed by atoms with van der Waals surface area (Å²) in [5.41, 5.74) is 1.11. The van der Waals surface area contributed by atoms with E-state index < -0.39 is 0 Å². The van der Waals surface area contributed by atoms with Crippen molar-refractivity contribution in [2.24, 2.45) is 0 Å². The number of ether oxygens (including phenoxy) is 3. The summed E-state index contributed by atoms with van der Waals surface area (Å²) in [4.78, 5) is 28.8. The molecule has 0 bridgehead atoms. The SMILES string of the molecule is COc1ccc(-n2c(=S)[nH]c3cc(C(=O)NC[C@H]4CCCO4)ccc3c2=O)c(OC)c1. The first-order valence-electron chi connectivity index (χ1n) is 9.93. The lowest BCUT2D eigenvalue weighted by Crippen LogP contribution is -2.31. The first-order valence-corrected chi connectivity index (χ1v) is 10.3. The molecular weight excluding hydrogens is 418 g/mol. The zero-order chi connectivity index (χ0) is 22.0. The molecule has 1 fully saturated rings. The first kappa shape index (κ1) is 21.1. The van der Waals surface area contributed by atoms with Gasteiger partial charge in [-0.05, 0) is 55.4 Å². The van der Waals surface area contributed by atoms with Gasteiger partial charge in [-0.3, -0.25) is 9.59 Å². The third-order valence-corrected chi connectivity index (χ3v) is 5.59. The topological polar surface area (TPSA) is 94.6 Å². The molecule has 0 aliphatic carbocycles. The van der Waals surface area contributed by atoms with Crippen LogP contribution in [0.5, 0.6) is 11.5 Å². The molecule has 9 heteroatoms. The number of carbonyl (C=O) groups excluding carboxylic acids is 1. The summed E-state index contributed by atoms with van der Waals surface area (Å²) < 4.78 is 17.7. The highest BCUT2D eigenvalue weighted by Crippen LogP contribution is 2.27. The van der Waals surface area contributed by atoms with Gasteiger partial charge in [-0.2, -0.15) is 0 Å². The van der Waals surface area contributed by atoms with E-state index in [2.05, 4.69) is 10.3 Å². The minimum absolute atomic E-state index is 0.0573. The Morgan fingerprint density at radius 3 is 2.81 bits per heavy atom. The fourth-order valence-corrected chi connectivity index (χ4v) is 3.95. The molecule has 1 atom stereocenters. The van der Waals surface area contributed by atoms with Crippen molar-refractivity contribution >= 4 is 29.0 Å². The van der Waals surface area contributed by atoms with Crippen LogP contribution >= 0.6 is 12.2 Å². The fourth-order valence-electron chi connectivity index (χ4n) is 3.66. The molecule has 0 unspecified atom stereocenters. The number of fused-ring (bicyclic) bond motifs is 1. The van der Waals surface area contributed by atoms with Gasteiger partial charge in [-0.15, -0.1) is 0 Å². The van der Waals surface area contributed by atoms with Crippen molar-refractivity contribution in [3.63, 3.8) is 0 Å². The molecule has 1 saturated heterocycles. The number of nitrogens with one attached hydrogen (secondary N) is 2. The quantitative estimate of drug-likeness (QED) is 0.571. The van der Waals surface area contributed by atoms with Crippen LogP contribution in [0.15, 0.2) is 41.2 Å². The highest BCUT2D eigenvalue weighted by Gasteiger charge is 2.18. The van der Waals surface area contributed by atoms with Crippen molar-refractivity contribution in [3.8, 4) is 17.2 Å². The molecule has 1 aliphatic heterocycles. The summed E-state index contributed by atoms with van der Waals surface area (Å²) in [7, 11) is 3.07. The van der Waals surface area contributed by atoms with E-state index in [9.17, 15) is 9.59 Å². The Kier molecular flexibility index (Phi) is 6.06. The number of nitrogens with zero attached hydrogens (tertiary/aromatic N) is 1. The Hall–Kier alpha value is -3.17. The maximum absolute atomic E-state index is 13.2. The summed E-state index contributed by atoms with van der Waals surface area (Å²) >= 11 is 5.45. The number of H-pyrrole nitrogens is 1.